The molecule has 0 heterocycles. The van der Waals surface area contributed by atoms with Crippen molar-refractivity contribution in [3.63, 3.8) is 0 Å². The number of hydrogen-bond donors (Lipinski definition) is 1. The normalized spacial score (nSPS) is 20.8. The lowest BCUT2D eigenvalue weighted by Crippen LogP contribution is -2.22. The van der Waals surface area contributed by atoms with Crippen LogP contribution in [0.4, 0.5) is 0 Å². The molecule has 6 heteroatoms. The predicted octanol–water partition coefficient (Wildman–Crippen LogP) is 3.02. The number of hydrogen-bond acceptors (Lipinski definition) is 5. The molecule has 0 atom stereocenters. The van der Waals surface area contributed by atoms with Crippen molar-refractivity contribution in [3.05, 3.63) is 17.7 Å². The van der Waals surface area contributed by atoms with Gasteiger partial charge in [-0.1, -0.05) is 0 Å². The van der Waals surface area contributed by atoms with Crippen LogP contribution in [0.2, 0.25) is 0 Å². The largest absolute Gasteiger partial charge is 0.493 e. The van der Waals surface area contributed by atoms with Gasteiger partial charge in [0.2, 0.25) is 5.75 Å². The van der Waals surface area contributed by atoms with E-state index < -0.39 is 5.97 Å². The number of carboxylic acid groups (broad SMARTS) is 1. The molecule has 24 heavy (non-hydrogen) atoms. The van der Waals surface area contributed by atoms with Crippen LogP contribution in [-0.4, -0.2) is 45.2 Å². The Kier molecular flexibility index (Phi) is 6.46. The summed E-state index contributed by atoms with van der Waals surface area (Å²) < 4.78 is 16.1. The smallest absolute Gasteiger partial charge is 0.306 e. The van der Waals surface area contributed by atoms with Crippen molar-refractivity contribution in [2.24, 2.45) is 16.8 Å². The first kappa shape index (κ1) is 18.1. The van der Waals surface area contributed by atoms with Gasteiger partial charge >= 0.3 is 5.97 Å². The second kappa shape index (κ2) is 8.57. The minimum Gasteiger partial charge on any atom is -0.493 e. The summed E-state index contributed by atoms with van der Waals surface area (Å²) in [6, 6.07) is 3.70. The highest BCUT2D eigenvalue weighted by Gasteiger charge is 2.25. The van der Waals surface area contributed by atoms with Gasteiger partial charge in [0.15, 0.2) is 11.5 Å². The number of carbonyl (C=O) groups is 1. The van der Waals surface area contributed by atoms with E-state index in [1.54, 1.807) is 27.5 Å². The Hall–Kier alpha value is -2.24. The highest BCUT2D eigenvalue weighted by Crippen LogP contribution is 2.39. The average Bonchev–Trinajstić information content (AvgIpc) is 2.61. The van der Waals surface area contributed by atoms with Crippen LogP contribution >= 0.6 is 0 Å². The van der Waals surface area contributed by atoms with Crippen molar-refractivity contribution >= 4 is 12.2 Å². The van der Waals surface area contributed by atoms with Gasteiger partial charge in [-0.05, 0) is 43.7 Å². The Bertz CT molecular complexity index is 591. The van der Waals surface area contributed by atoms with Crippen LogP contribution < -0.4 is 14.2 Å². The van der Waals surface area contributed by atoms with E-state index in [0.717, 1.165) is 31.2 Å². The number of methoxy groups -OCH3 is 3. The first-order valence-electron chi connectivity index (χ1n) is 8.12. The van der Waals surface area contributed by atoms with Gasteiger partial charge in [0.05, 0.1) is 27.2 Å². The zero-order valence-electron chi connectivity index (χ0n) is 14.4. The van der Waals surface area contributed by atoms with Gasteiger partial charge in [-0.15, -0.1) is 0 Å². The summed E-state index contributed by atoms with van der Waals surface area (Å²) in [5.74, 6) is 1.34. The molecule has 132 valence electrons. The third-order valence-corrected chi connectivity index (χ3v) is 4.52. The second-order valence-electron chi connectivity index (χ2n) is 5.97. The Morgan fingerprint density at radius 2 is 1.79 bits per heavy atom. The first-order valence-corrected chi connectivity index (χ1v) is 8.12. The molecule has 0 saturated heterocycles. The molecule has 1 aliphatic rings. The summed E-state index contributed by atoms with van der Waals surface area (Å²) in [6.07, 6.45) is 5.10. The molecule has 0 aliphatic heterocycles. The summed E-state index contributed by atoms with van der Waals surface area (Å²) in [7, 11) is 4.74. The number of aliphatic carboxylic acids is 1. The van der Waals surface area contributed by atoms with Gasteiger partial charge in [-0.25, -0.2) is 0 Å². The first-order chi connectivity index (χ1) is 11.6. The summed E-state index contributed by atoms with van der Waals surface area (Å²) in [6.45, 7) is 0.698. The van der Waals surface area contributed by atoms with E-state index in [-0.39, 0.29) is 5.92 Å². The van der Waals surface area contributed by atoms with Crippen LogP contribution in [0.25, 0.3) is 0 Å². The van der Waals surface area contributed by atoms with Gasteiger partial charge in [0, 0.05) is 18.3 Å². The third-order valence-electron chi connectivity index (χ3n) is 4.52. The number of carboxylic acids is 1. The van der Waals surface area contributed by atoms with E-state index in [2.05, 4.69) is 4.99 Å². The summed E-state index contributed by atoms with van der Waals surface area (Å²) in [4.78, 5) is 15.5. The number of benzene rings is 1. The Balaban J connectivity index is 2.01. The van der Waals surface area contributed by atoms with E-state index in [4.69, 9.17) is 19.3 Å². The zero-order valence-corrected chi connectivity index (χ0v) is 14.4. The lowest BCUT2D eigenvalue weighted by molar-refractivity contribution is -0.143. The number of rotatable bonds is 7. The number of ether oxygens (including phenoxy) is 3. The lowest BCUT2D eigenvalue weighted by Gasteiger charge is -2.24. The molecule has 1 aromatic carbocycles. The molecule has 0 radical (unpaired) electrons. The molecule has 0 aromatic heterocycles. The fourth-order valence-corrected chi connectivity index (χ4v) is 3.12. The molecule has 0 unspecified atom stereocenters. The van der Waals surface area contributed by atoms with Gasteiger partial charge in [-0.3, -0.25) is 9.79 Å². The molecule has 0 amide bonds. The maximum absolute atomic E-state index is 11.0. The Morgan fingerprint density at radius 1 is 1.12 bits per heavy atom. The van der Waals surface area contributed by atoms with Gasteiger partial charge < -0.3 is 19.3 Å². The molecule has 6 nitrogen and oxygen atoms in total. The summed E-state index contributed by atoms with van der Waals surface area (Å²) >= 11 is 0. The Morgan fingerprint density at radius 3 is 2.33 bits per heavy atom. The second-order valence-corrected chi connectivity index (χ2v) is 5.97. The van der Waals surface area contributed by atoms with E-state index in [0.29, 0.717) is 29.7 Å². The van der Waals surface area contributed by atoms with Crippen molar-refractivity contribution in [1.29, 1.82) is 0 Å². The average molecular weight is 335 g/mol. The van der Waals surface area contributed by atoms with E-state index in [1.807, 2.05) is 12.1 Å². The van der Waals surface area contributed by atoms with Crippen molar-refractivity contribution in [2.45, 2.75) is 25.7 Å². The molecule has 1 saturated carbocycles. The topological polar surface area (TPSA) is 77.4 Å². The quantitative estimate of drug-likeness (QED) is 0.775. The third kappa shape index (κ3) is 4.19. The molecule has 1 aliphatic carbocycles. The van der Waals surface area contributed by atoms with Crippen molar-refractivity contribution in [3.8, 4) is 17.2 Å². The van der Waals surface area contributed by atoms with E-state index in [9.17, 15) is 4.79 Å². The molecular formula is C18H25NO5. The number of aliphatic imine (C=N–C) groups is 1. The summed E-state index contributed by atoms with van der Waals surface area (Å²) in [5, 5.41) is 9.03. The highest BCUT2D eigenvalue weighted by molar-refractivity contribution is 5.86. The molecule has 1 aromatic rings. The summed E-state index contributed by atoms with van der Waals surface area (Å²) in [5.41, 5.74) is 0.828. The van der Waals surface area contributed by atoms with Crippen LogP contribution in [0.1, 0.15) is 31.2 Å². The van der Waals surface area contributed by atoms with E-state index >= 15 is 0 Å². The molecule has 2 rings (SSSR count). The maximum Gasteiger partial charge on any atom is 0.306 e. The molecular weight excluding hydrogens is 310 g/mol. The van der Waals surface area contributed by atoms with E-state index in [1.165, 1.54) is 0 Å². The highest BCUT2D eigenvalue weighted by atomic mass is 16.5. The molecule has 1 fully saturated rings. The van der Waals surface area contributed by atoms with Crippen molar-refractivity contribution in [2.75, 3.05) is 27.9 Å². The van der Waals surface area contributed by atoms with Crippen molar-refractivity contribution < 1.29 is 24.1 Å². The fourth-order valence-electron chi connectivity index (χ4n) is 3.12. The van der Waals surface area contributed by atoms with Gasteiger partial charge in [0.1, 0.15) is 0 Å². The standard InChI is InChI=1S/C18H25NO5/c1-22-15-9-8-14(16(23-2)17(15)24-3)11-19-10-12-4-6-13(7-5-12)18(20)21/h8-9,11-13H,4-7,10H2,1-3H3,(H,20,21)/t12-,13-. The zero-order chi connectivity index (χ0) is 17.5. The predicted molar refractivity (Wildman–Crippen MR) is 91.6 cm³/mol. The minimum absolute atomic E-state index is 0.184. The lowest BCUT2D eigenvalue weighted by atomic mass is 9.82. The molecule has 0 spiro atoms. The Labute approximate surface area is 142 Å². The molecule has 1 N–H and O–H groups in total. The minimum atomic E-state index is -0.674. The monoisotopic (exact) mass is 335 g/mol. The van der Waals surface area contributed by atoms with Crippen LogP contribution in [0.15, 0.2) is 17.1 Å². The fraction of sp³-hybridized carbons (Fsp3) is 0.556. The molecule has 0 bridgehead atoms. The van der Waals surface area contributed by atoms with Crippen LogP contribution in [-0.2, 0) is 4.79 Å². The van der Waals surface area contributed by atoms with Gasteiger partial charge in [-0.2, -0.15) is 0 Å². The van der Waals surface area contributed by atoms with Crippen LogP contribution in [0, 0.1) is 11.8 Å². The van der Waals surface area contributed by atoms with Crippen LogP contribution in [0.3, 0.4) is 0 Å². The van der Waals surface area contributed by atoms with Crippen LogP contribution in [0.5, 0.6) is 17.2 Å². The SMILES string of the molecule is COc1ccc(C=NC[C@H]2CC[C@H](C(=O)O)CC2)c(OC)c1OC. The maximum atomic E-state index is 11.0. The van der Waals surface area contributed by atoms with Gasteiger partial charge in [0.25, 0.3) is 0 Å². The van der Waals surface area contributed by atoms with Crippen molar-refractivity contribution in [1.82, 2.24) is 0 Å². The number of nitrogens with zero attached hydrogens (tertiary/aromatic N) is 1.